The van der Waals surface area contributed by atoms with Crippen LogP contribution in [0.25, 0.3) is 0 Å². The van der Waals surface area contributed by atoms with Gasteiger partial charge in [-0.05, 0) is 13.8 Å². The molecule has 0 spiro atoms. The van der Waals surface area contributed by atoms with E-state index in [4.69, 9.17) is 18.9 Å². The van der Waals surface area contributed by atoms with Crippen molar-refractivity contribution in [3.05, 3.63) is 12.7 Å². The van der Waals surface area contributed by atoms with Gasteiger partial charge < -0.3 is 24.3 Å². The Hall–Kier alpha value is -0.460. The van der Waals surface area contributed by atoms with E-state index in [1.807, 2.05) is 19.9 Å². The molecule has 0 unspecified atom stereocenters. The van der Waals surface area contributed by atoms with Crippen LogP contribution in [0.4, 0.5) is 0 Å². The molecule has 2 aliphatic rings. The molecule has 1 N–H and O–H groups in total. The second kappa shape index (κ2) is 5.04. The summed E-state index contributed by atoms with van der Waals surface area (Å²) in [6.45, 7) is 8.93. The largest absolute Gasteiger partial charge is 0.353 e. The zero-order chi connectivity index (χ0) is 12.5. The van der Waals surface area contributed by atoms with E-state index in [0.29, 0.717) is 6.54 Å². The molecular formula is C12H21NO4. The number of fused-ring (bicyclic) bond motifs is 1. The number of hydrogen-bond acceptors (Lipinski definition) is 5. The summed E-state index contributed by atoms with van der Waals surface area (Å²) >= 11 is 0. The summed E-state index contributed by atoms with van der Waals surface area (Å²) < 4.78 is 22.7. The first-order valence-corrected chi connectivity index (χ1v) is 5.93. The van der Waals surface area contributed by atoms with Crippen LogP contribution >= 0.6 is 0 Å². The molecule has 2 aliphatic heterocycles. The third-order valence-corrected chi connectivity index (χ3v) is 2.97. The minimum atomic E-state index is -0.563. The first kappa shape index (κ1) is 13.0. The number of ether oxygens (including phenoxy) is 4. The third-order valence-electron chi connectivity index (χ3n) is 2.97. The van der Waals surface area contributed by atoms with Crippen molar-refractivity contribution in [2.24, 2.45) is 0 Å². The van der Waals surface area contributed by atoms with Gasteiger partial charge in [0.05, 0.1) is 0 Å². The fourth-order valence-corrected chi connectivity index (χ4v) is 2.32. The van der Waals surface area contributed by atoms with E-state index in [1.54, 1.807) is 7.11 Å². The van der Waals surface area contributed by atoms with Crippen LogP contribution in [0.15, 0.2) is 12.7 Å². The van der Waals surface area contributed by atoms with E-state index in [9.17, 15) is 0 Å². The lowest BCUT2D eigenvalue weighted by Crippen LogP contribution is -2.37. The maximum absolute atomic E-state index is 5.86. The molecule has 2 saturated heterocycles. The van der Waals surface area contributed by atoms with E-state index in [1.165, 1.54) is 0 Å². The number of nitrogens with one attached hydrogen (secondary N) is 1. The van der Waals surface area contributed by atoms with Crippen molar-refractivity contribution in [2.45, 2.75) is 44.2 Å². The van der Waals surface area contributed by atoms with Crippen molar-refractivity contribution in [1.29, 1.82) is 0 Å². The summed E-state index contributed by atoms with van der Waals surface area (Å²) in [5, 5.41) is 3.23. The summed E-state index contributed by atoms with van der Waals surface area (Å²) in [6.07, 6.45) is 1.19. The normalized spacial score (nSPS) is 39.2. The predicted molar refractivity (Wildman–Crippen MR) is 62.6 cm³/mol. The van der Waals surface area contributed by atoms with Gasteiger partial charge in [0, 0.05) is 20.2 Å². The van der Waals surface area contributed by atoms with Crippen LogP contribution in [0.2, 0.25) is 0 Å². The van der Waals surface area contributed by atoms with Gasteiger partial charge in [-0.3, -0.25) is 0 Å². The van der Waals surface area contributed by atoms with Gasteiger partial charge in [-0.25, -0.2) is 0 Å². The zero-order valence-corrected chi connectivity index (χ0v) is 10.6. The Morgan fingerprint density at radius 2 is 2.06 bits per heavy atom. The van der Waals surface area contributed by atoms with Crippen LogP contribution in [-0.2, 0) is 18.9 Å². The highest BCUT2D eigenvalue weighted by molar-refractivity contribution is 4.96. The molecule has 0 bridgehead atoms. The molecule has 0 aromatic carbocycles. The number of rotatable bonds is 5. The molecule has 0 aromatic rings. The van der Waals surface area contributed by atoms with Gasteiger partial charge in [0.2, 0.25) is 0 Å². The molecule has 2 fully saturated rings. The Bertz CT molecular complexity index is 282. The minimum absolute atomic E-state index is 0.0494. The van der Waals surface area contributed by atoms with Crippen molar-refractivity contribution in [1.82, 2.24) is 5.32 Å². The molecule has 5 heteroatoms. The Balaban J connectivity index is 1.97. The van der Waals surface area contributed by atoms with Crippen molar-refractivity contribution in [3.8, 4) is 0 Å². The molecule has 0 amide bonds. The first-order chi connectivity index (χ1) is 8.07. The second-order valence-electron chi connectivity index (χ2n) is 4.79. The summed E-state index contributed by atoms with van der Waals surface area (Å²) in [6, 6.07) is 0. The average Bonchev–Trinajstić information content (AvgIpc) is 2.73. The van der Waals surface area contributed by atoms with E-state index >= 15 is 0 Å². The van der Waals surface area contributed by atoms with Gasteiger partial charge in [0.25, 0.3) is 0 Å². The summed E-state index contributed by atoms with van der Waals surface area (Å²) in [7, 11) is 1.62. The van der Waals surface area contributed by atoms with Gasteiger partial charge in [-0.15, -0.1) is 6.58 Å². The molecule has 2 heterocycles. The lowest BCUT2D eigenvalue weighted by atomic mass is 10.1. The van der Waals surface area contributed by atoms with Crippen molar-refractivity contribution in [3.63, 3.8) is 0 Å². The van der Waals surface area contributed by atoms with Crippen LogP contribution in [0.1, 0.15) is 13.8 Å². The van der Waals surface area contributed by atoms with E-state index in [2.05, 4.69) is 11.9 Å². The summed E-state index contributed by atoms with van der Waals surface area (Å²) in [5.74, 6) is -0.563. The minimum Gasteiger partial charge on any atom is -0.353 e. The van der Waals surface area contributed by atoms with Crippen LogP contribution in [0.3, 0.4) is 0 Å². The second-order valence-corrected chi connectivity index (χ2v) is 4.79. The number of methoxy groups -OCH3 is 1. The molecule has 17 heavy (non-hydrogen) atoms. The summed E-state index contributed by atoms with van der Waals surface area (Å²) in [4.78, 5) is 0. The predicted octanol–water partition coefficient (Wildman–Crippen LogP) is 0.653. The Morgan fingerprint density at radius 3 is 2.71 bits per heavy atom. The molecule has 2 rings (SSSR count). The van der Waals surface area contributed by atoms with E-state index in [-0.39, 0.29) is 24.6 Å². The van der Waals surface area contributed by atoms with Crippen LogP contribution in [-0.4, -0.2) is 50.6 Å². The van der Waals surface area contributed by atoms with Gasteiger partial charge in [-0.1, -0.05) is 6.08 Å². The molecule has 0 aliphatic carbocycles. The molecule has 0 aromatic heterocycles. The molecule has 5 nitrogen and oxygen atoms in total. The Kier molecular flexibility index (Phi) is 3.85. The molecular weight excluding hydrogens is 222 g/mol. The fraction of sp³-hybridized carbons (Fsp3) is 0.833. The highest BCUT2D eigenvalue weighted by Gasteiger charge is 2.55. The van der Waals surface area contributed by atoms with Crippen LogP contribution in [0.5, 0.6) is 0 Å². The lowest BCUT2D eigenvalue weighted by molar-refractivity contribution is -0.226. The fourth-order valence-electron chi connectivity index (χ4n) is 2.32. The highest BCUT2D eigenvalue weighted by Crippen LogP contribution is 2.38. The van der Waals surface area contributed by atoms with Crippen molar-refractivity contribution < 1.29 is 18.9 Å². The first-order valence-electron chi connectivity index (χ1n) is 5.93. The quantitative estimate of drug-likeness (QED) is 0.567. The molecule has 0 saturated carbocycles. The zero-order valence-electron chi connectivity index (χ0n) is 10.6. The SMILES string of the molecule is C=CCNC[C@@H]1O[C@H](OC)[C@@H]2OC(C)(C)O[C@@H]21. The van der Waals surface area contributed by atoms with Crippen molar-refractivity contribution in [2.75, 3.05) is 20.2 Å². The monoisotopic (exact) mass is 243 g/mol. The Morgan fingerprint density at radius 1 is 1.35 bits per heavy atom. The van der Waals surface area contributed by atoms with Crippen LogP contribution in [0, 0.1) is 0 Å². The van der Waals surface area contributed by atoms with Crippen molar-refractivity contribution >= 4 is 0 Å². The number of hydrogen-bond donors (Lipinski definition) is 1. The van der Waals surface area contributed by atoms with Crippen LogP contribution < -0.4 is 5.32 Å². The smallest absolute Gasteiger partial charge is 0.186 e. The standard InChI is InChI=1S/C12H21NO4/c1-5-6-13-7-8-9-10(11(14-4)15-8)17-12(2,3)16-9/h5,8-11,13H,1,6-7H2,2-4H3/t8-,9+,10+,11-/m0/s1. The topological polar surface area (TPSA) is 49.0 Å². The highest BCUT2D eigenvalue weighted by atomic mass is 16.8. The maximum Gasteiger partial charge on any atom is 0.186 e. The summed E-state index contributed by atoms with van der Waals surface area (Å²) in [5.41, 5.74) is 0. The van der Waals surface area contributed by atoms with Gasteiger partial charge in [0.15, 0.2) is 12.1 Å². The lowest BCUT2D eigenvalue weighted by Gasteiger charge is -2.23. The van der Waals surface area contributed by atoms with Gasteiger partial charge in [0.1, 0.15) is 18.3 Å². The molecule has 4 atom stereocenters. The third kappa shape index (κ3) is 2.69. The maximum atomic E-state index is 5.86. The molecule has 0 radical (unpaired) electrons. The Labute approximate surface area is 102 Å². The molecule has 98 valence electrons. The average molecular weight is 243 g/mol. The van der Waals surface area contributed by atoms with Gasteiger partial charge in [-0.2, -0.15) is 0 Å². The van der Waals surface area contributed by atoms with E-state index in [0.717, 1.165) is 6.54 Å². The van der Waals surface area contributed by atoms with E-state index < -0.39 is 5.79 Å². The van der Waals surface area contributed by atoms with Gasteiger partial charge >= 0.3 is 0 Å².